The van der Waals surface area contributed by atoms with Gasteiger partial charge < -0.3 is 25.0 Å². The Morgan fingerprint density at radius 3 is 2.62 bits per heavy atom. The van der Waals surface area contributed by atoms with Crippen molar-refractivity contribution in [3.63, 3.8) is 0 Å². The number of hydrogen-bond donors (Lipinski definition) is 1. The molecule has 0 aromatic heterocycles. The Balaban J connectivity index is 1.49. The second-order valence-electron chi connectivity index (χ2n) is 6.29. The molecule has 7 heteroatoms. The number of piperidine rings is 1. The lowest BCUT2D eigenvalue weighted by Gasteiger charge is -2.42. The summed E-state index contributed by atoms with van der Waals surface area (Å²) in [6.45, 7) is 2.21. The number of hydrogen-bond acceptors (Lipinski definition) is 4. The number of primary amides is 1. The van der Waals surface area contributed by atoms with Crippen LogP contribution in [0.4, 0.5) is 4.79 Å². The molecule has 1 aromatic rings. The summed E-state index contributed by atoms with van der Waals surface area (Å²) in [5.74, 6) is 1.42. The predicted octanol–water partition coefficient (Wildman–Crippen LogP) is 1.08. The molecule has 2 aliphatic heterocycles. The van der Waals surface area contributed by atoms with Crippen LogP contribution >= 0.6 is 0 Å². The van der Waals surface area contributed by atoms with E-state index in [0.29, 0.717) is 26.2 Å². The fraction of sp³-hybridized carbons (Fsp3) is 0.529. The maximum atomic E-state index is 12.5. The molecule has 2 N–H and O–H groups in total. The van der Waals surface area contributed by atoms with Crippen LogP contribution in [0.15, 0.2) is 24.3 Å². The molecule has 2 heterocycles. The maximum Gasteiger partial charge on any atom is 0.314 e. The number of amides is 3. The van der Waals surface area contributed by atoms with E-state index in [1.165, 1.54) is 0 Å². The molecule has 130 valence electrons. The van der Waals surface area contributed by atoms with Crippen LogP contribution in [0.25, 0.3) is 0 Å². The summed E-state index contributed by atoms with van der Waals surface area (Å²) < 4.78 is 11.0. The van der Waals surface area contributed by atoms with Crippen molar-refractivity contribution in [2.45, 2.75) is 18.9 Å². The van der Waals surface area contributed by atoms with Gasteiger partial charge in [0.1, 0.15) is 17.6 Å². The van der Waals surface area contributed by atoms with Crippen LogP contribution in [-0.2, 0) is 4.79 Å². The van der Waals surface area contributed by atoms with Gasteiger partial charge in [0, 0.05) is 19.2 Å². The van der Waals surface area contributed by atoms with E-state index >= 15 is 0 Å². The van der Waals surface area contributed by atoms with E-state index in [1.54, 1.807) is 16.9 Å². The highest BCUT2D eigenvalue weighted by atomic mass is 16.5. The SMILES string of the molecule is COc1cccc(OC2CN(C(=O)[C@@H]3CCCN(C(N)=O)C3)C2)c1. The number of benzene rings is 1. The highest BCUT2D eigenvalue weighted by Gasteiger charge is 2.37. The van der Waals surface area contributed by atoms with E-state index < -0.39 is 6.03 Å². The second kappa shape index (κ2) is 6.98. The summed E-state index contributed by atoms with van der Waals surface area (Å²) in [7, 11) is 1.61. The Morgan fingerprint density at radius 1 is 1.17 bits per heavy atom. The highest BCUT2D eigenvalue weighted by Crippen LogP contribution is 2.25. The van der Waals surface area contributed by atoms with E-state index in [1.807, 2.05) is 24.3 Å². The van der Waals surface area contributed by atoms with E-state index in [-0.39, 0.29) is 17.9 Å². The largest absolute Gasteiger partial charge is 0.497 e. The highest BCUT2D eigenvalue weighted by molar-refractivity contribution is 5.81. The van der Waals surface area contributed by atoms with Crippen molar-refractivity contribution in [3.05, 3.63) is 24.3 Å². The third kappa shape index (κ3) is 3.55. The second-order valence-corrected chi connectivity index (χ2v) is 6.29. The lowest BCUT2D eigenvalue weighted by molar-refractivity contribution is -0.145. The van der Waals surface area contributed by atoms with Gasteiger partial charge in [0.25, 0.3) is 0 Å². The molecule has 0 aliphatic carbocycles. The van der Waals surface area contributed by atoms with Gasteiger partial charge in [-0.1, -0.05) is 6.07 Å². The zero-order valence-electron chi connectivity index (χ0n) is 13.8. The topological polar surface area (TPSA) is 85.1 Å². The first-order chi connectivity index (χ1) is 11.6. The average molecular weight is 333 g/mol. The molecule has 2 fully saturated rings. The van der Waals surface area contributed by atoms with Crippen LogP contribution < -0.4 is 15.2 Å². The zero-order chi connectivity index (χ0) is 17.1. The predicted molar refractivity (Wildman–Crippen MR) is 87.9 cm³/mol. The van der Waals surface area contributed by atoms with Gasteiger partial charge in [-0.05, 0) is 25.0 Å². The van der Waals surface area contributed by atoms with Crippen LogP contribution in [0.1, 0.15) is 12.8 Å². The number of carbonyl (C=O) groups is 2. The number of nitrogens with two attached hydrogens (primary N) is 1. The average Bonchev–Trinajstić information content (AvgIpc) is 2.57. The Labute approximate surface area is 141 Å². The van der Waals surface area contributed by atoms with E-state index in [2.05, 4.69) is 0 Å². The molecule has 2 saturated heterocycles. The molecule has 0 unspecified atom stereocenters. The summed E-state index contributed by atoms with van der Waals surface area (Å²) in [5.41, 5.74) is 5.32. The number of carbonyl (C=O) groups excluding carboxylic acids is 2. The molecular weight excluding hydrogens is 310 g/mol. The van der Waals surface area contributed by atoms with E-state index in [4.69, 9.17) is 15.2 Å². The number of likely N-dealkylation sites (tertiary alicyclic amines) is 2. The third-order valence-electron chi connectivity index (χ3n) is 4.59. The summed E-state index contributed by atoms with van der Waals surface area (Å²) >= 11 is 0. The molecule has 0 radical (unpaired) electrons. The lowest BCUT2D eigenvalue weighted by atomic mass is 9.95. The Morgan fingerprint density at radius 2 is 1.92 bits per heavy atom. The number of urea groups is 1. The smallest absolute Gasteiger partial charge is 0.314 e. The number of methoxy groups -OCH3 is 1. The molecule has 0 spiro atoms. The van der Waals surface area contributed by atoms with Crippen molar-refractivity contribution in [2.75, 3.05) is 33.3 Å². The first kappa shape index (κ1) is 16.4. The van der Waals surface area contributed by atoms with Crippen LogP contribution in [-0.4, -0.2) is 61.1 Å². The molecule has 0 bridgehead atoms. The quantitative estimate of drug-likeness (QED) is 0.893. The Hall–Kier alpha value is -2.44. The number of rotatable bonds is 4. The molecule has 3 amide bonds. The van der Waals surface area contributed by atoms with Gasteiger partial charge in [0.15, 0.2) is 0 Å². The first-order valence-corrected chi connectivity index (χ1v) is 8.20. The summed E-state index contributed by atoms with van der Waals surface area (Å²) in [6.07, 6.45) is 1.62. The molecule has 1 aromatic carbocycles. The van der Waals surface area contributed by atoms with Gasteiger partial charge in [-0.3, -0.25) is 4.79 Å². The van der Waals surface area contributed by atoms with Crippen LogP contribution in [0.5, 0.6) is 11.5 Å². The monoisotopic (exact) mass is 333 g/mol. The summed E-state index contributed by atoms with van der Waals surface area (Å²) in [5, 5.41) is 0. The van der Waals surface area contributed by atoms with Gasteiger partial charge in [-0.15, -0.1) is 0 Å². The Kier molecular flexibility index (Phi) is 4.78. The van der Waals surface area contributed by atoms with Crippen molar-refractivity contribution >= 4 is 11.9 Å². The van der Waals surface area contributed by atoms with Gasteiger partial charge in [0.2, 0.25) is 5.91 Å². The van der Waals surface area contributed by atoms with Crippen molar-refractivity contribution in [1.29, 1.82) is 0 Å². The molecule has 2 aliphatic rings. The molecule has 0 saturated carbocycles. The number of nitrogens with zero attached hydrogens (tertiary/aromatic N) is 2. The first-order valence-electron chi connectivity index (χ1n) is 8.20. The minimum atomic E-state index is -0.449. The van der Waals surface area contributed by atoms with Crippen LogP contribution in [0.2, 0.25) is 0 Å². The molecule has 24 heavy (non-hydrogen) atoms. The fourth-order valence-electron chi connectivity index (χ4n) is 3.20. The van der Waals surface area contributed by atoms with Crippen molar-refractivity contribution in [3.8, 4) is 11.5 Å². The van der Waals surface area contributed by atoms with Gasteiger partial charge in [-0.2, -0.15) is 0 Å². The van der Waals surface area contributed by atoms with Gasteiger partial charge in [-0.25, -0.2) is 4.79 Å². The third-order valence-corrected chi connectivity index (χ3v) is 4.59. The molecule has 3 rings (SSSR count). The standard InChI is InChI=1S/C17H23N3O4/c1-23-13-5-2-6-14(8-13)24-15-10-20(11-15)16(21)12-4-3-7-19(9-12)17(18)22/h2,5-6,8,12,15H,3-4,7,9-11H2,1H3,(H2,18,22)/t12-/m1/s1. The van der Waals surface area contributed by atoms with E-state index in [0.717, 1.165) is 24.3 Å². The molecule has 1 atom stereocenters. The summed E-state index contributed by atoms with van der Waals surface area (Å²) in [4.78, 5) is 27.1. The van der Waals surface area contributed by atoms with Crippen molar-refractivity contribution in [2.24, 2.45) is 11.7 Å². The Bertz CT molecular complexity index is 616. The summed E-state index contributed by atoms with van der Waals surface area (Å²) in [6, 6.07) is 6.98. The van der Waals surface area contributed by atoms with Gasteiger partial charge in [0.05, 0.1) is 26.1 Å². The normalized spacial score (nSPS) is 21.1. The minimum Gasteiger partial charge on any atom is -0.497 e. The lowest BCUT2D eigenvalue weighted by Crippen LogP contribution is -2.59. The van der Waals surface area contributed by atoms with Gasteiger partial charge >= 0.3 is 6.03 Å². The van der Waals surface area contributed by atoms with Crippen molar-refractivity contribution in [1.82, 2.24) is 9.80 Å². The van der Waals surface area contributed by atoms with Crippen LogP contribution in [0.3, 0.4) is 0 Å². The van der Waals surface area contributed by atoms with E-state index in [9.17, 15) is 9.59 Å². The molecular formula is C17H23N3O4. The van der Waals surface area contributed by atoms with Crippen molar-refractivity contribution < 1.29 is 19.1 Å². The fourth-order valence-corrected chi connectivity index (χ4v) is 3.20. The zero-order valence-corrected chi connectivity index (χ0v) is 13.8. The van der Waals surface area contributed by atoms with Crippen LogP contribution in [0, 0.1) is 5.92 Å². The molecule has 7 nitrogen and oxygen atoms in total. The minimum absolute atomic E-state index is 0.00288. The number of ether oxygens (including phenoxy) is 2. The maximum absolute atomic E-state index is 12.5.